The van der Waals surface area contributed by atoms with Crippen molar-refractivity contribution in [2.24, 2.45) is 0 Å². The fraction of sp³-hybridized carbons (Fsp3) is 0.350. The lowest BCUT2D eigenvalue weighted by atomic mass is 10.1. The van der Waals surface area contributed by atoms with Gasteiger partial charge in [-0.15, -0.1) is 0 Å². The fourth-order valence-corrected chi connectivity index (χ4v) is 4.26. The number of hydrogen-bond acceptors (Lipinski definition) is 3. The van der Waals surface area contributed by atoms with Gasteiger partial charge in [0.1, 0.15) is 6.04 Å². The number of hydrogen-bond donors (Lipinski definition) is 1. The first-order valence-corrected chi connectivity index (χ1v) is 10.9. The Bertz CT molecular complexity index is 958. The van der Waals surface area contributed by atoms with Crippen molar-refractivity contribution in [1.82, 2.24) is 0 Å². The lowest BCUT2D eigenvalue weighted by Gasteiger charge is -2.30. The summed E-state index contributed by atoms with van der Waals surface area (Å²) < 4.78 is 26.3. The van der Waals surface area contributed by atoms with Gasteiger partial charge < -0.3 is 5.32 Å². The van der Waals surface area contributed by atoms with Gasteiger partial charge in [-0.3, -0.25) is 9.10 Å². The Morgan fingerprint density at radius 3 is 2.37 bits per heavy atom. The van der Waals surface area contributed by atoms with Crippen LogP contribution in [-0.2, 0) is 14.8 Å². The average molecular weight is 409 g/mol. The van der Waals surface area contributed by atoms with Crippen molar-refractivity contribution in [2.75, 3.05) is 15.9 Å². The molecule has 2 aromatic carbocycles. The molecule has 1 N–H and O–H groups in total. The van der Waals surface area contributed by atoms with Crippen molar-refractivity contribution in [3.05, 3.63) is 58.1 Å². The molecule has 2 rings (SSSR count). The molecule has 0 aromatic heterocycles. The third-order valence-electron chi connectivity index (χ3n) is 4.60. The molecule has 0 fully saturated rings. The van der Waals surface area contributed by atoms with Gasteiger partial charge in [0.15, 0.2) is 0 Å². The monoisotopic (exact) mass is 408 g/mol. The second kappa shape index (κ2) is 8.31. The molecule has 0 aliphatic heterocycles. The number of aryl methyl sites for hydroxylation is 2. The topological polar surface area (TPSA) is 66.5 Å². The summed E-state index contributed by atoms with van der Waals surface area (Å²) in [5.74, 6) is -0.397. The summed E-state index contributed by atoms with van der Waals surface area (Å²) >= 11 is 6.12. The maximum absolute atomic E-state index is 13.0. The SMILES string of the molecule is CC[C@H](C(=O)Nc1cccc(Cl)c1C)N(c1ccc(C)c(C)c1)S(C)(=O)=O. The molecule has 0 aliphatic carbocycles. The van der Waals surface area contributed by atoms with E-state index in [1.54, 1.807) is 44.2 Å². The highest BCUT2D eigenvalue weighted by molar-refractivity contribution is 7.92. The first kappa shape index (κ1) is 21.3. The van der Waals surface area contributed by atoms with Crippen LogP contribution in [0.25, 0.3) is 0 Å². The lowest BCUT2D eigenvalue weighted by Crippen LogP contribution is -2.47. The molecule has 0 bridgehead atoms. The normalized spacial score (nSPS) is 12.5. The molecule has 0 radical (unpaired) electrons. The van der Waals surface area contributed by atoms with Gasteiger partial charge in [-0.1, -0.05) is 30.7 Å². The molecular weight excluding hydrogens is 384 g/mol. The number of carbonyl (C=O) groups is 1. The molecule has 0 saturated heterocycles. The van der Waals surface area contributed by atoms with Crippen LogP contribution in [0.5, 0.6) is 0 Å². The largest absolute Gasteiger partial charge is 0.324 e. The van der Waals surface area contributed by atoms with Gasteiger partial charge in [0.2, 0.25) is 15.9 Å². The van der Waals surface area contributed by atoms with E-state index >= 15 is 0 Å². The number of anilines is 2. The van der Waals surface area contributed by atoms with E-state index < -0.39 is 22.0 Å². The van der Waals surface area contributed by atoms with Crippen molar-refractivity contribution in [3.63, 3.8) is 0 Å². The minimum absolute atomic E-state index is 0.325. The van der Waals surface area contributed by atoms with E-state index in [-0.39, 0.29) is 0 Å². The highest BCUT2D eigenvalue weighted by atomic mass is 35.5. The zero-order chi connectivity index (χ0) is 20.4. The lowest BCUT2D eigenvalue weighted by molar-refractivity contribution is -0.117. The Morgan fingerprint density at radius 1 is 1.15 bits per heavy atom. The third-order valence-corrected chi connectivity index (χ3v) is 6.19. The molecule has 0 aliphatic rings. The third kappa shape index (κ3) is 4.82. The second-order valence-electron chi connectivity index (χ2n) is 6.65. The zero-order valence-electron chi connectivity index (χ0n) is 16.2. The minimum Gasteiger partial charge on any atom is -0.324 e. The summed E-state index contributed by atoms with van der Waals surface area (Å²) in [4.78, 5) is 13.0. The Hall–Kier alpha value is -2.05. The van der Waals surface area contributed by atoms with Gasteiger partial charge >= 0.3 is 0 Å². The molecule has 7 heteroatoms. The van der Waals surface area contributed by atoms with Crippen molar-refractivity contribution >= 4 is 38.9 Å². The summed E-state index contributed by atoms with van der Waals surface area (Å²) in [6, 6.07) is 9.72. The molecule has 1 atom stereocenters. The van der Waals surface area contributed by atoms with Crippen LogP contribution in [0, 0.1) is 20.8 Å². The number of rotatable bonds is 6. The highest BCUT2D eigenvalue weighted by Crippen LogP contribution is 2.27. The molecular formula is C20H25ClN2O3S. The van der Waals surface area contributed by atoms with Crippen LogP contribution in [-0.4, -0.2) is 26.6 Å². The van der Waals surface area contributed by atoms with E-state index in [4.69, 9.17) is 11.6 Å². The summed E-state index contributed by atoms with van der Waals surface area (Å²) in [5.41, 5.74) is 3.80. The Kier molecular flexibility index (Phi) is 6.54. The van der Waals surface area contributed by atoms with Crippen molar-refractivity contribution in [1.29, 1.82) is 0 Å². The van der Waals surface area contributed by atoms with Crippen LogP contribution < -0.4 is 9.62 Å². The van der Waals surface area contributed by atoms with Crippen molar-refractivity contribution in [3.8, 4) is 0 Å². The maximum atomic E-state index is 13.0. The minimum atomic E-state index is -3.67. The van der Waals surface area contributed by atoms with Crippen LogP contribution in [0.2, 0.25) is 5.02 Å². The zero-order valence-corrected chi connectivity index (χ0v) is 17.8. The number of benzene rings is 2. The standard InChI is InChI=1S/C20H25ClN2O3S/c1-6-19(20(24)22-18-9-7-8-17(21)15(18)4)23(27(5,25)26)16-11-10-13(2)14(3)12-16/h7-12,19H,6H2,1-5H3,(H,22,24)/t19-/m1/s1. The van der Waals surface area contributed by atoms with Crippen LogP contribution >= 0.6 is 11.6 Å². The van der Waals surface area contributed by atoms with Crippen LogP contribution in [0.4, 0.5) is 11.4 Å². The maximum Gasteiger partial charge on any atom is 0.248 e. The van der Waals surface area contributed by atoms with E-state index in [9.17, 15) is 13.2 Å². The number of nitrogens with one attached hydrogen (secondary N) is 1. The van der Waals surface area contributed by atoms with Crippen molar-refractivity contribution < 1.29 is 13.2 Å². The molecule has 5 nitrogen and oxygen atoms in total. The quantitative estimate of drug-likeness (QED) is 0.767. The van der Waals surface area contributed by atoms with Crippen LogP contribution in [0.15, 0.2) is 36.4 Å². The summed E-state index contributed by atoms with van der Waals surface area (Å²) in [5, 5.41) is 3.36. The van der Waals surface area contributed by atoms with Crippen molar-refractivity contribution in [2.45, 2.75) is 40.2 Å². The van der Waals surface area contributed by atoms with Crippen LogP contribution in [0.3, 0.4) is 0 Å². The number of nitrogens with zero attached hydrogens (tertiary/aromatic N) is 1. The predicted molar refractivity (Wildman–Crippen MR) is 112 cm³/mol. The summed E-state index contributed by atoms with van der Waals surface area (Å²) in [6.07, 6.45) is 1.44. The van der Waals surface area contributed by atoms with E-state index in [2.05, 4.69) is 5.32 Å². The van der Waals surface area contributed by atoms with E-state index in [1.165, 1.54) is 4.31 Å². The van der Waals surface area contributed by atoms with Gasteiger partial charge in [-0.25, -0.2) is 8.42 Å². The predicted octanol–water partition coefficient (Wildman–Crippen LogP) is 4.45. The molecule has 27 heavy (non-hydrogen) atoms. The number of amides is 1. The summed E-state index contributed by atoms with van der Waals surface area (Å²) in [7, 11) is -3.67. The van der Waals surface area contributed by atoms with Gasteiger partial charge in [0, 0.05) is 10.7 Å². The summed E-state index contributed by atoms with van der Waals surface area (Å²) in [6.45, 7) is 7.45. The second-order valence-corrected chi connectivity index (χ2v) is 8.92. The fourth-order valence-electron chi connectivity index (χ4n) is 2.88. The number of sulfonamides is 1. The van der Waals surface area contributed by atoms with E-state index in [0.717, 1.165) is 22.9 Å². The molecule has 0 unspecified atom stereocenters. The molecule has 0 spiro atoms. The van der Waals surface area contributed by atoms with Gasteiger partial charge in [0.05, 0.1) is 11.9 Å². The molecule has 146 valence electrons. The molecule has 0 heterocycles. The Balaban J connectivity index is 2.44. The van der Waals surface area contributed by atoms with E-state index in [0.29, 0.717) is 22.8 Å². The van der Waals surface area contributed by atoms with Gasteiger partial charge in [-0.2, -0.15) is 0 Å². The van der Waals surface area contributed by atoms with Gasteiger partial charge in [0.25, 0.3) is 0 Å². The van der Waals surface area contributed by atoms with Gasteiger partial charge in [-0.05, 0) is 68.1 Å². The van der Waals surface area contributed by atoms with Crippen LogP contribution in [0.1, 0.15) is 30.0 Å². The number of carbonyl (C=O) groups excluding carboxylic acids is 1. The molecule has 2 aromatic rings. The molecule has 0 saturated carbocycles. The Morgan fingerprint density at radius 2 is 1.81 bits per heavy atom. The highest BCUT2D eigenvalue weighted by Gasteiger charge is 2.32. The van der Waals surface area contributed by atoms with E-state index in [1.807, 2.05) is 19.9 Å². The first-order valence-electron chi connectivity index (χ1n) is 8.69. The average Bonchev–Trinajstić information content (AvgIpc) is 2.58. The molecule has 1 amide bonds. The Labute approximate surface area is 166 Å². The smallest absolute Gasteiger partial charge is 0.248 e. The first-order chi connectivity index (χ1) is 12.6. The number of halogens is 1.